The van der Waals surface area contributed by atoms with E-state index < -0.39 is 40.4 Å². The van der Waals surface area contributed by atoms with E-state index in [0.717, 1.165) is 12.8 Å². The number of nitriles is 3. The highest BCUT2D eigenvalue weighted by molar-refractivity contribution is 5.89. The van der Waals surface area contributed by atoms with E-state index in [1.807, 2.05) is 6.07 Å². The summed E-state index contributed by atoms with van der Waals surface area (Å²) in [5.41, 5.74) is -3.23. The summed E-state index contributed by atoms with van der Waals surface area (Å²) >= 11 is 0. The Hall–Kier alpha value is -2.95. The summed E-state index contributed by atoms with van der Waals surface area (Å²) in [5, 5.41) is 38.6. The predicted molar refractivity (Wildman–Crippen MR) is 85.4 cm³/mol. The summed E-state index contributed by atoms with van der Waals surface area (Å²) in [5.74, 6) is -2.77. The van der Waals surface area contributed by atoms with Crippen LogP contribution >= 0.6 is 0 Å². The Morgan fingerprint density at radius 2 is 1.77 bits per heavy atom. The number of halogens is 1. The van der Waals surface area contributed by atoms with E-state index in [-0.39, 0.29) is 0 Å². The van der Waals surface area contributed by atoms with Crippen LogP contribution in [-0.2, 0) is 9.47 Å². The SMILES string of the molecule is N#CC1(C#N)[C@H]2CCCC[C@@]23OC(=N)[C@@]1(C#N)[C@H](c1ccc(F)cc1)O3. The maximum atomic E-state index is 13.4. The van der Waals surface area contributed by atoms with Crippen LogP contribution in [0.1, 0.15) is 37.4 Å². The molecule has 1 N–H and O–H groups in total. The Balaban J connectivity index is 2.00. The number of rotatable bonds is 1. The van der Waals surface area contributed by atoms with E-state index >= 15 is 0 Å². The van der Waals surface area contributed by atoms with Crippen LogP contribution in [0.4, 0.5) is 4.39 Å². The maximum absolute atomic E-state index is 13.4. The number of hydrogen-bond donors (Lipinski definition) is 1. The number of nitrogens with one attached hydrogen (secondary N) is 1. The second-order valence-corrected chi connectivity index (χ2v) is 7.04. The summed E-state index contributed by atoms with van der Waals surface area (Å²) in [6.45, 7) is 0. The molecule has 26 heavy (non-hydrogen) atoms. The highest BCUT2D eigenvalue weighted by Gasteiger charge is 2.80. The molecule has 0 aromatic heterocycles. The van der Waals surface area contributed by atoms with E-state index in [1.165, 1.54) is 24.3 Å². The van der Waals surface area contributed by atoms with Crippen LogP contribution in [0.15, 0.2) is 24.3 Å². The molecule has 3 saturated heterocycles. The van der Waals surface area contributed by atoms with Crippen LogP contribution in [0.3, 0.4) is 0 Å². The molecule has 3 aliphatic heterocycles. The lowest BCUT2D eigenvalue weighted by Crippen LogP contribution is -2.73. The van der Waals surface area contributed by atoms with Gasteiger partial charge in [0.05, 0.1) is 24.1 Å². The largest absolute Gasteiger partial charge is 0.447 e. The maximum Gasteiger partial charge on any atom is 0.218 e. The first-order valence-electron chi connectivity index (χ1n) is 8.45. The first-order chi connectivity index (χ1) is 12.5. The summed E-state index contributed by atoms with van der Waals surface area (Å²) in [7, 11) is 0. The van der Waals surface area contributed by atoms with Gasteiger partial charge in [0.2, 0.25) is 11.7 Å². The number of fused-ring (bicyclic) bond motifs is 2. The molecule has 0 unspecified atom stereocenters. The van der Waals surface area contributed by atoms with E-state index in [4.69, 9.17) is 14.9 Å². The molecule has 1 saturated carbocycles. The molecule has 1 spiro atoms. The Bertz CT molecular complexity index is 895. The first-order valence-corrected chi connectivity index (χ1v) is 8.45. The van der Waals surface area contributed by atoms with Crippen molar-refractivity contribution in [2.24, 2.45) is 16.7 Å². The van der Waals surface area contributed by atoms with Crippen molar-refractivity contribution in [2.75, 3.05) is 0 Å². The van der Waals surface area contributed by atoms with Gasteiger partial charge in [0.15, 0.2) is 10.8 Å². The fraction of sp³-hybridized carbons (Fsp3) is 0.474. The van der Waals surface area contributed by atoms with Gasteiger partial charge < -0.3 is 9.47 Å². The second kappa shape index (κ2) is 5.27. The van der Waals surface area contributed by atoms with Gasteiger partial charge in [-0.05, 0) is 30.5 Å². The van der Waals surface area contributed by atoms with Gasteiger partial charge in [0, 0.05) is 6.42 Å². The van der Waals surface area contributed by atoms with Gasteiger partial charge in [-0.1, -0.05) is 18.6 Å². The van der Waals surface area contributed by atoms with Crippen molar-refractivity contribution in [2.45, 2.75) is 37.6 Å². The lowest BCUT2D eigenvalue weighted by Gasteiger charge is -2.63. The van der Waals surface area contributed by atoms with Crippen molar-refractivity contribution in [3.8, 4) is 18.2 Å². The third kappa shape index (κ3) is 1.68. The molecule has 2 bridgehead atoms. The molecule has 1 aliphatic carbocycles. The smallest absolute Gasteiger partial charge is 0.218 e. The fourth-order valence-electron chi connectivity index (χ4n) is 4.78. The zero-order valence-corrected chi connectivity index (χ0v) is 13.8. The average molecular weight is 350 g/mol. The molecule has 3 heterocycles. The molecule has 6 nitrogen and oxygen atoms in total. The lowest BCUT2D eigenvalue weighted by molar-refractivity contribution is -0.360. The Labute approximate surface area is 149 Å². The van der Waals surface area contributed by atoms with Gasteiger partial charge in [-0.2, -0.15) is 15.8 Å². The third-order valence-electron chi connectivity index (χ3n) is 5.99. The third-order valence-corrected chi connectivity index (χ3v) is 5.99. The van der Waals surface area contributed by atoms with E-state index in [2.05, 4.69) is 12.1 Å². The first kappa shape index (κ1) is 16.5. The average Bonchev–Trinajstić information content (AvgIpc) is 2.66. The normalized spacial score (nSPS) is 36.8. The Morgan fingerprint density at radius 3 is 2.38 bits per heavy atom. The van der Waals surface area contributed by atoms with Crippen LogP contribution in [0.5, 0.6) is 0 Å². The monoisotopic (exact) mass is 350 g/mol. The molecule has 130 valence electrons. The molecule has 0 radical (unpaired) electrons. The van der Waals surface area contributed by atoms with Crippen molar-refractivity contribution < 1.29 is 13.9 Å². The number of nitrogens with zero attached hydrogens (tertiary/aromatic N) is 3. The van der Waals surface area contributed by atoms with Crippen molar-refractivity contribution in [3.63, 3.8) is 0 Å². The van der Waals surface area contributed by atoms with Gasteiger partial charge in [0.1, 0.15) is 11.9 Å². The number of hydrogen-bond acceptors (Lipinski definition) is 6. The highest BCUT2D eigenvalue weighted by Crippen LogP contribution is 2.69. The van der Waals surface area contributed by atoms with Gasteiger partial charge >= 0.3 is 0 Å². The Kier molecular flexibility index (Phi) is 3.35. The molecule has 7 heteroatoms. The summed E-state index contributed by atoms with van der Waals surface area (Å²) in [6.07, 6.45) is 1.45. The van der Waals surface area contributed by atoms with Crippen LogP contribution in [0.2, 0.25) is 0 Å². The molecule has 4 aliphatic rings. The van der Waals surface area contributed by atoms with Crippen molar-refractivity contribution in [1.29, 1.82) is 21.2 Å². The second-order valence-electron chi connectivity index (χ2n) is 7.04. The van der Waals surface area contributed by atoms with E-state index in [9.17, 15) is 20.2 Å². The predicted octanol–water partition coefficient (Wildman–Crippen LogP) is 3.33. The molecule has 1 aromatic carbocycles. The molecule has 0 amide bonds. The van der Waals surface area contributed by atoms with Crippen LogP contribution < -0.4 is 0 Å². The summed E-state index contributed by atoms with van der Waals surface area (Å²) in [6, 6.07) is 11.5. The number of ether oxygens (including phenoxy) is 2. The zero-order valence-electron chi connectivity index (χ0n) is 13.8. The molecular weight excluding hydrogens is 335 g/mol. The van der Waals surface area contributed by atoms with Gasteiger partial charge in [-0.15, -0.1) is 0 Å². The highest BCUT2D eigenvalue weighted by atomic mass is 19.1. The molecule has 1 aromatic rings. The quantitative estimate of drug-likeness (QED) is 0.834. The summed E-state index contributed by atoms with van der Waals surface area (Å²) < 4.78 is 25.4. The standard InChI is InChI=1S/C19H15FN4O2/c20-13-6-4-12(5-7-13)15-18(11-23)16(24)26-19(25-15)8-2-1-3-14(19)17(18,9-21)10-22/h4-7,14-15,24H,1-3,8H2/t14-,15+,18-,19-/m1/s1. The van der Waals surface area contributed by atoms with Crippen molar-refractivity contribution in [3.05, 3.63) is 35.6 Å². The molecule has 4 fully saturated rings. The minimum atomic E-state index is -1.90. The van der Waals surface area contributed by atoms with Crippen molar-refractivity contribution in [1.82, 2.24) is 0 Å². The minimum Gasteiger partial charge on any atom is -0.447 e. The lowest BCUT2D eigenvalue weighted by atomic mass is 9.48. The zero-order chi connectivity index (χ0) is 18.6. The van der Waals surface area contributed by atoms with Crippen LogP contribution in [0.25, 0.3) is 0 Å². The van der Waals surface area contributed by atoms with Crippen LogP contribution in [0, 0.1) is 62.0 Å². The number of benzene rings is 1. The topological polar surface area (TPSA) is 114 Å². The van der Waals surface area contributed by atoms with Gasteiger partial charge in [0.25, 0.3) is 0 Å². The van der Waals surface area contributed by atoms with E-state index in [0.29, 0.717) is 18.4 Å². The van der Waals surface area contributed by atoms with Crippen LogP contribution in [-0.4, -0.2) is 11.7 Å². The minimum absolute atomic E-state index is 0.415. The molecule has 4 atom stereocenters. The Morgan fingerprint density at radius 1 is 1.08 bits per heavy atom. The molecular formula is C19H15FN4O2. The van der Waals surface area contributed by atoms with Gasteiger partial charge in [-0.25, -0.2) is 4.39 Å². The fourth-order valence-corrected chi connectivity index (χ4v) is 4.78. The van der Waals surface area contributed by atoms with Crippen molar-refractivity contribution >= 4 is 5.90 Å². The van der Waals surface area contributed by atoms with E-state index in [1.54, 1.807) is 0 Å². The summed E-state index contributed by atoms with van der Waals surface area (Å²) in [4.78, 5) is 0. The molecule has 5 rings (SSSR count). The van der Waals surface area contributed by atoms with Gasteiger partial charge in [-0.3, -0.25) is 5.41 Å².